The first kappa shape index (κ1) is 21.2. The van der Waals surface area contributed by atoms with Gasteiger partial charge in [-0.25, -0.2) is 8.42 Å². The fourth-order valence-corrected chi connectivity index (χ4v) is 4.63. The van der Waals surface area contributed by atoms with Crippen LogP contribution in [0.15, 0.2) is 78.9 Å². The number of ether oxygens (including phenoxy) is 1. The van der Waals surface area contributed by atoms with Crippen LogP contribution in [0.3, 0.4) is 0 Å². The molecule has 160 valence electrons. The van der Waals surface area contributed by atoms with Crippen LogP contribution in [0.1, 0.15) is 17.2 Å². The number of carbonyl (C=O) groups excluding carboxylic acids is 1. The molecule has 8 heteroatoms. The fraction of sp³-hybridized carbons (Fsp3) is 0.174. The zero-order chi connectivity index (χ0) is 22.0. The van der Waals surface area contributed by atoms with Crippen LogP contribution >= 0.6 is 11.6 Å². The molecule has 1 N–H and O–H groups in total. The van der Waals surface area contributed by atoms with Gasteiger partial charge in [-0.15, -0.1) is 0 Å². The number of halogens is 1. The summed E-state index contributed by atoms with van der Waals surface area (Å²) in [5.74, 6) is -0.121. The normalized spacial score (nSPS) is 15.8. The second kappa shape index (κ2) is 8.61. The van der Waals surface area contributed by atoms with Crippen LogP contribution in [-0.4, -0.2) is 33.2 Å². The molecule has 6 nitrogen and oxygen atoms in total. The zero-order valence-electron chi connectivity index (χ0n) is 16.7. The van der Waals surface area contributed by atoms with Crippen molar-refractivity contribution in [3.63, 3.8) is 0 Å². The Hall–Kier alpha value is -3.03. The predicted octanol–water partition coefficient (Wildman–Crippen LogP) is 3.77. The Morgan fingerprint density at radius 3 is 2.16 bits per heavy atom. The largest absolute Gasteiger partial charge is 0.476 e. The number of nitrogens with zero attached hydrogens (tertiary/aromatic N) is 1. The van der Waals surface area contributed by atoms with Crippen molar-refractivity contribution in [1.29, 1.82) is 0 Å². The van der Waals surface area contributed by atoms with E-state index in [1.165, 1.54) is 6.07 Å². The maximum absolute atomic E-state index is 13.2. The highest BCUT2D eigenvalue weighted by Gasteiger charge is 2.36. The van der Waals surface area contributed by atoms with Gasteiger partial charge in [-0.05, 0) is 29.3 Å². The van der Waals surface area contributed by atoms with E-state index in [0.717, 1.165) is 21.7 Å². The summed E-state index contributed by atoms with van der Waals surface area (Å²) in [6, 6.07) is 23.4. The molecule has 1 atom stereocenters. The topological polar surface area (TPSA) is 75.7 Å². The van der Waals surface area contributed by atoms with E-state index in [4.69, 9.17) is 16.3 Å². The molecule has 1 heterocycles. The second-order valence-corrected chi connectivity index (χ2v) is 9.62. The highest BCUT2D eigenvalue weighted by Crippen LogP contribution is 2.37. The number of benzene rings is 3. The van der Waals surface area contributed by atoms with Gasteiger partial charge in [-0.3, -0.25) is 9.10 Å². The molecule has 4 rings (SSSR count). The Morgan fingerprint density at radius 1 is 1.03 bits per heavy atom. The third kappa shape index (κ3) is 4.68. The molecule has 31 heavy (non-hydrogen) atoms. The minimum atomic E-state index is -3.64. The first-order valence-electron chi connectivity index (χ1n) is 9.67. The molecule has 1 aliphatic heterocycles. The van der Waals surface area contributed by atoms with Gasteiger partial charge in [-0.2, -0.15) is 0 Å². The third-order valence-corrected chi connectivity index (χ3v) is 6.42. The van der Waals surface area contributed by atoms with Crippen molar-refractivity contribution in [3.05, 3.63) is 95.0 Å². The molecule has 3 aromatic rings. The van der Waals surface area contributed by atoms with Crippen LogP contribution < -0.4 is 14.4 Å². The summed E-state index contributed by atoms with van der Waals surface area (Å²) in [5, 5.41) is 3.40. The van der Waals surface area contributed by atoms with E-state index in [2.05, 4.69) is 5.32 Å². The Morgan fingerprint density at radius 2 is 1.61 bits per heavy atom. The minimum absolute atomic E-state index is 0.145. The highest BCUT2D eigenvalue weighted by molar-refractivity contribution is 7.92. The molecule has 3 aromatic carbocycles. The van der Waals surface area contributed by atoms with Crippen molar-refractivity contribution in [3.8, 4) is 5.75 Å². The first-order chi connectivity index (χ1) is 14.8. The van der Waals surface area contributed by atoms with E-state index in [1.807, 2.05) is 60.7 Å². The van der Waals surface area contributed by atoms with Crippen LogP contribution in [0.5, 0.6) is 5.75 Å². The minimum Gasteiger partial charge on any atom is -0.476 e. The number of amides is 1. The van der Waals surface area contributed by atoms with E-state index in [9.17, 15) is 13.2 Å². The molecular formula is C23H21ClN2O4S. The molecule has 0 saturated carbocycles. The molecule has 0 aliphatic carbocycles. The summed E-state index contributed by atoms with van der Waals surface area (Å²) in [7, 11) is -3.64. The molecule has 1 aliphatic rings. The standard InChI is InChI=1S/C23H21ClN2O4S/c1-31(28,29)26-15-21(30-20-13-12-18(24)14-19(20)26)23(27)25-22(16-8-4-2-5-9-16)17-10-6-3-7-11-17/h2-14,21-22H,15H2,1H3,(H,25,27)/t21-/m1/s1. The van der Waals surface area contributed by atoms with Crippen LogP contribution in [0.4, 0.5) is 5.69 Å². The van der Waals surface area contributed by atoms with Gasteiger partial charge in [0.1, 0.15) is 5.75 Å². The van der Waals surface area contributed by atoms with Crippen LogP contribution in [0.25, 0.3) is 0 Å². The summed E-state index contributed by atoms with van der Waals surface area (Å²) in [4.78, 5) is 13.2. The molecule has 0 aromatic heterocycles. The monoisotopic (exact) mass is 456 g/mol. The molecule has 0 spiro atoms. The van der Waals surface area contributed by atoms with Gasteiger partial charge in [0.15, 0.2) is 6.10 Å². The number of hydrogen-bond donors (Lipinski definition) is 1. The van der Waals surface area contributed by atoms with Gasteiger partial charge in [0, 0.05) is 5.02 Å². The molecule has 0 unspecified atom stereocenters. The molecule has 0 saturated heterocycles. The maximum atomic E-state index is 13.2. The summed E-state index contributed by atoms with van der Waals surface area (Å²) in [6.45, 7) is -0.145. The molecule has 0 radical (unpaired) electrons. The number of sulfonamides is 1. The molecule has 0 fully saturated rings. The number of anilines is 1. The van der Waals surface area contributed by atoms with Gasteiger partial charge < -0.3 is 10.1 Å². The van der Waals surface area contributed by atoms with Crippen molar-refractivity contribution in [2.75, 3.05) is 17.1 Å². The van der Waals surface area contributed by atoms with Crippen molar-refractivity contribution in [2.24, 2.45) is 0 Å². The lowest BCUT2D eigenvalue weighted by Gasteiger charge is -2.34. The lowest BCUT2D eigenvalue weighted by molar-refractivity contribution is -0.128. The smallest absolute Gasteiger partial charge is 0.263 e. The van der Waals surface area contributed by atoms with Crippen molar-refractivity contribution < 1.29 is 17.9 Å². The third-order valence-electron chi connectivity index (χ3n) is 5.04. The van der Waals surface area contributed by atoms with Crippen LogP contribution in [0.2, 0.25) is 5.02 Å². The number of hydrogen-bond acceptors (Lipinski definition) is 4. The fourth-order valence-electron chi connectivity index (χ4n) is 3.56. The quantitative estimate of drug-likeness (QED) is 0.634. The highest BCUT2D eigenvalue weighted by atomic mass is 35.5. The van der Waals surface area contributed by atoms with E-state index >= 15 is 0 Å². The maximum Gasteiger partial charge on any atom is 0.263 e. The van der Waals surface area contributed by atoms with Gasteiger partial charge in [0.2, 0.25) is 10.0 Å². The summed E-state index contributed by atoms with van der Waals surface area (Å²) < 4.78 is 31.8. The van der Waals surface area contributed by atoms with E-state index in [-0.39, 0.29) is 12.3 Å². The first-order valence-corrected chi connectivity index (χ1v) is 11.9. The lowest BCUT2D eigenvalue weighted by atomic mass is 9.98. The van der Waals surface area contributed by atoms with Crippen molar-refractivity contribution in [1.82, 2.24) is 5.32 Å². The molecule has 0 bridgehead atoms. The molecule has 1 amide bonds. The van der Waals surface area contributed by atoms with Gasteiger partial charge in [0.25, 0.3) is 5.91 Å². The summed E-state index contributed by atoms with van der Waals surface area (Å²) in [5.41, 5.74) is 2.14. The van der Waals surface area contributed by atoms with Gasteiger partial charge in [-0.1, -0.05) is 72.3 Å². The van der Waals surface area contributed by atoms with E-state index in [0.29, 0.717) is 10.7 Å². The Bertz CT molecular complexity index is 1150. The SMILES string of the molecule is CS(=O)(=O)N1C[C@H](C(=O)NC(c2ccccc2)c2ccccc2)Oc2ccc(Cl)cc21. The van der Waals surface area contributed by atoms with Crippen molar-refractivity contribution >= 4 is 33.2 Å². The number of fused-ring (bicyclic) bond motifs is 1. The average molecular weight is 457 g/mol. The van der Waals surface area contributed by atoms with Gasteiger partial charge >= 0.3 is 0 Å². The van der Waals surface area contributed by atoms with Crippen LogP contribution in [-0.2, 0) is 14.8 Å². The van der Waals surface area contributed by atoms with Gasteiger partial charge in [0.05, 0.1) is 24.5 Å². The molecular weight excluding hydrogens is 436 g/mol. The number of rotatable bonds is 5. The number of nitrogens with one attached hydrogen (secondary N) is 1. The van der Waals surface area contributed by atoms with E-state index in [1.54, 1.807) is 12.1 Å². The van der Waals surface area contributed by atoms with E-state index < -0.39 is 28.1 Å². The summed E-state index contributed by atoms with van der Waals surface area (Å²) in [6.07, 6.45) is 0.0765. The second-order valence-electron chi connectivity index (χ2n) is 7.28. The number of carbonyl (C=O) groups is 1. The summed E-state index contributed by atoms with van der Waals surface area (Å²) >= 11 is 6.04. The zero-order valence-corrected chi connectivity index (χ0v) is 18.3. The van der Waals surface area contributed by atoms with Crippen LogP contribution in [0, 0.1) is 0 Å². The average Bonchev–Trinajstić information content (AvgIpc) is 2.77. The lowest BCUT2D eigenvalue weighted by Crippen LogP contribution is -2.51. The Kier molecular flexibility index (Phi) is 5.89. The van der Waals surface area contributed by atoms with Crippen molar-refractivity contribution in [2.45, 2.75) is 12.1 Å². The predicted molar refractivity (Wildman–Crippen MR) is 121 cm³/mol. The Balaban J connectivity index is 1.64. The Labute approximate surface area is 186 Å².